The van der Waals surface area contributed by atoms with Crippen molar-refractivity contribution >= 4 is 17.7 Å². The lowest BCUT2D eigenvalue weighted by molar-refractivity contribution is -0.134. The summed E-state index contributed by atoms with van der Waals surface area (Å²) in [7, 11) is 1.61. The van der Waals surface area contributed by atoms with Gasteiger partial charge in [-0.15, -0.1) is 0 Å². The molecule has 1 heterocycles. The highest BCUT2D eigenvalue weighted by molar-refractivity contribution is 6.04. The van der Waals surface area contributed by atoms with E-state index in [1.165, 1.54) is 0 Å². The van der Waals surface area contributed by atoms with Gasteiger partial charge >= 0.3 is 0 Å². The van der Waals surface area contributed by atoms with Crippen LogP contribution in [0.2, 0.25) is 0 Å². The summed E-state index contributed by atoms with van der Waals surface area (Å²) >= 11 is 0. The first-order chi connectivity index (χ1) is 18.1. The van der Waals surface area contributed by atoms with Crippen LogP contribution in [0, 0.1) is 5.92 Å². The second kappa shape index (κ2) is 11.1. The fourth-order valence-electron chi connectivity index (χ4n) is 4.63. The predicted molar refractivity (Wildman–Crippen MR) is 145 cm³/mol. The third-order valence-electron chi connectivity index (χ3n) is 6.61. The molecule has 1 amide bonds. The number of amides is 1. The Morgan fingerprint density at radius 2 is 1.46 bits per heavy atom. The summed E-state index contributed by atoms with van der Waals surface area (Å²) < 4.78 is 11.2. The summed E-state index contributed by atoms with van der Waals surface area (Å²) in [6.07, 6.45) is 2.63. The molecule has 0 bridgehead atoms. The summed E-state index contributed by atoms with van der Waals surface area (Å²) in [5.41, 5.74) is 3.75. The molecule has 1 unspecified atom stereocenters. The van der Waals surface area contributed by atoms with Crippen LogP contribution in [0.3, 0.4) is 0 Å². The summed E-state index contributed by atoms with van der Waals surface area (Å²) in [6.45, 7) is 0.478. The van der Waals surface area contributed by atoms with Gasteiger partial charge in [-0.2, -0.15) is 0 Å². The third kappa shape index (κ3) is 5.42. The standard InChI is InChI=1S/C32H29NO4/c1-36-27-19-15-26(16-20-27)33-31(30(32(33)35)29(34)21-12-23-8-4-2-5-9-23)25-13-17-28(18-14-25)37-22-24-10-6-3-7-11-24/h2-21,29-31,34H,22H2,1H3/b21-12+/t29?,30-,31-/m1/s1. The van der Waals surface area contributed by atoms with E-state index in [9.17, 15) is 9.90 Å². The third-order valence-corrected chi connectivity index (χ3v) is 6.61. The van der Waals surface area contributed by atoms with Crippen LogP contribution in [0.4, 0.5) is 5.69 Å². The van der Waals surface area contributed by atoms with Crippen LogP contribution in [0.15, 0.2) is 115 Å². The number of nitrogens with zero attached hydrogens (tertiary/aromatic N) is 1. The highest BCUT2D eigenvalue weighted by atomic mass is 16.5. The molecule has 0 aromatic heterocycles. The average molecular weight is 492 g/mol. The van der Waals surface area contributed by atoms with Crippen molar-refractivity contribution in [2.24, 2.45) is 5.92 Å². The van der Waals surface area contributed by atoms with Crippen LogP contribution in [0.1, 0.15) is 22.7 Å². The van der Waals surface area contributed by atoms with E-state index in [4.69, 9.17) is 9.47 Å². The van der Waals surface area contributed by atoms with E-state index in [1.807, 2.05) is 115 Å². The maximum Gasteiger partial charge on any atom is 0.236 e. The first kappa shape index (κ1) is 24.3. The molecule has 186 valence electrons. The molecule has 5 nitrogen and oxygen atoms in total. The Bertz CT molecular complexity index is 1340. The molecule has 1 N–H and O–H groups in total. The molecule has 3 atom stereocenters. The Balaban J connectivity index is 1.38. The van der Waals surface area contributed by atoms with Crippen molar-refractivity contribution in [3.63, 3.8) is 0 Å². The van der Waals surface area contributed by atoms with Gasteiger partial charge in [0.25, 0.3) is 0 Å². The maximum absolute atomic E-state index is 13.4. The number of anilines is 1. The van der Waals surface area contributed by atoms with E-state index in [-0.39, 0.29) is 11.9 Å². The molecule has 0 spiro atoms. The number of rotatable bonds is 9. The minimum atomic E-state index is -0.929. The number of β-lactam (4-membered cyclic amide) rings is 1. The number of hydrogen-bond acceptors (Lipinski definition) is 4. The largest absolute Gasteiger partial charge is 0.497 e. The number of carbonyl (C=O) groups is 1. The molecule has 1 fully saturated rings. The Kier molecular flexibility index (Phi) is 7.33. The predicted octanol–water partition coefficient (Wildman–Crippen LogP) is 6.05. The first-order valence-electron chi connectivity index (χ1n) is 12.3. The van der Waals surface area contributed by atoms with E-state index in [0.717, 1.165) is 33.9 Å². The van der Waals surface area contributed by atoms with Crippen molar-refractivity contribution in [1.29, 1.82) is 0 Å². The van der Waals surface area contributed by atoms with Crippen molar-refractivity contribution in [3.8, 4) is 11.5 Å². The minimum Gasteiger partial charge on any atom is -0.497 e. The second-order valence-corrected chi connectivity index (χ2v) is 8.98. The zero-order valence-electron chi connectivity index (χ0n) is 20.6. The van der Waals surface area contributed by atoms with E-state index in [0.29, 0.717) is 6.61 Å². The number of hydrogen-bond donors (Lipinski definition) is 1. The minimum absolute atomic E-state index is 0.121. The van der Waals surface area contributed by atoms with Gasteiger partial charge in [-0.05, 0) is 53.1 Å². The van der Waals surface area contributed by atoms with Gasteiger partial charge in [0, 0.05) is 5.69 Å². The molecule has 5 rings (SSSR count). The van der Waals surface area contributed by atoms with Gasteiger partial charge in [-0.25, -0.2) is 0 Å². The van der Waals surface area contributed by atoms with Gasteiger partial charge in [0.15, 0.2) is 0 Å². The number of methoxy groups -OCH3 is 1. The normalized spacial score (nSPS) is 17.9. The Hall–Kier alpha value is -4.35. The summed E-state index contributed by atoms with van der Waals surface area (Å²) in [5.74, 6) is 0.744. The van der Waals surface area contributed by atoms with Gasteiger partial charge in [0.1, 0.15) is 18.1 Å². The second-order valence-electron chi connectivity index (χ2n) is 8.98. The molecule has 0 radical (unpaired) electrons. The molecular weight excluding hydrogens is 462 g/mol. The van der Waals surface area contributed by atoms with Crippen LogP contribution in [-0.2, 0) is 11.4 Å². The molecule has 1 aliphatic rings. The van der Waals surface area contributed by atoms with Gasteiger partial charge in [0.05, 0.1) is 25.2 Å². The molecule has 37 heavy (non-hydrogen) atoms. The van der Waals surface area contributed by atoms with E-state index in [2.05, 4.69) is 0 Å². The monoisotopic (exact) mass is 491 g/mol. The van der Waals surface area contributed by atoms with Gasteiger partial charge in [-0.1, -0.05) is 84.9 Å². The van der Waals surface area contributed by atoms with Crippen molar-refractivity contribution in [1.82, 2.24) is 0 Å². The van der Waals surface area contributed by atoms with Crippen LogP contribution in [0.25, 0.3) is 6.08 Å². The smallest absolute Gasteiger partial charge is 0.236 e. The van der Waals surface area contributed by atoms with Crippen molar-refractivity contribution < 1.29 is 19.4 Å². The number of aliphatic hydroxyl groups excluding tert-OH is 1. The maximum atomic E-state index is 13.4. The van der Waals surface area contributed by atoms with Crippen LogP contribution in [0.5, 0.6) is 11.5 Å². The van der Waals surface area contributed by atoms with Gasteiger partial charge in [-0.3, -0.25) is 4.79 Å². The molecule has 0 saturated carbocycles. The Morgan fingerprint density at radius 3 is 2.11 bits per heavy atom. The van der Waals surface area contributed by atoms with Gasteiger partial charge < -0.3 is 19.5 Å². The van der Waals surface area contributed by atoms with E-state index in [1.54, 1.807) is 18.1 Å². The summed E-state index contributed by atoms with van der Waals surface area (Å²) in [5, 5.41) is 11.1. The zero-order chi connectivity index (χ0) is 25.6. The highest BCUT2D eigenvalue weighted by Crippen LogP contribution is 2.46. The quantitative estimate of drug-likeness (QED) is 0.290. The highest BCUT2D eigenvalue weighted by Gasteiger charge is 2.51. The molecular formula is C32H29NO4. The molecule has 1 aliphatic heterocycles. The van der Waals surface area contributed by atoms with Crippen LogP contribution in [-0.4, -0.2) is 24.2 Å². The van der Waals surface area contributed by atoms with E-state index >= 15 is 0 Å². The average Bonchev–Trinajstić information content (AvgIpc) is 2.95. The summed E-state index contributed by atoms with van der Waals surface area (Å²) in [6, 6.07) is 34.6. The Labute approximate surface area is 217 Å². The molecule has 5 heteroatoms. The molecule has 0 aliphatic carbocycles. The molecule has 4 aromatic rings. The topological polar surface area (TPSA) is 59.0 Å². The fraction of sp³-hybridized carbons (Fsp3) is 0.156. The van der Waals surface area contributed by atoms with Crippen molar-refractivity contribution in [3.05, 3.63) is 132 Å². The van der Waals surface area contributed by atoms with Crippen LogP contribution < -0.4 is 14.4 Å². The van der Waals surface area contributed by atoms with Crippen LogP contribution >= 0.6 is 0 Å². The molecule has 4 aromatic carbocycles. The zero-order valence-corrected chi connectivity index (χ0v) is 20.6. The lowest BCUT2D eigenvalue weighted by Crippen LogP contribution is -2.59. The number of carbonyl (C=O) groups excluding carboxylic acids is 1. The van der Waals surface area contributed by atoms with E-state index < -0.39 is 12.0 Å². The lowest BCUT2D eigenvalue weighted by atomic mass is 9.78. The lowest BCUT2D eigenvalue weighted by Gasteiger charge is -2.48. The molecule has 1 saturated heterocycles. The SMILES string of the molecule is COc1ccc(N2C(=O)[C@H](C(O)/C=C/c3ccccc3)[C@H]2c2ccc(OCc3ccccc3)cc2)cc1. The van der Waals surface area contributed by atoms with Crippen molar-refractivity contribution in [2.75, 3.05) is 12.0 Å². The number of aliphatic hydroxyl groups is 1. The van der Waals surface area contributed by atoms with Gasteiger partial charge in [0.2, 0.25) is 5.91 Å². The first-order valence-corrected chi connectivity index (χ1v) is 12.3. The summed E-state index contributed by atoms with van der Waals surface area (Å²) in [4.78, 5) is 15.1. The van der Waals surface area contributed by atoms with Crippen molar-refractivity contribution in [2.45, 2.75) is 18.8 Å². The number of ether oxygens (including phenoxy) is 2. The number of benzene rings is 4. The Morgan fingerprint density at radius 1 is 0.838 bits per heavy atom. The fourth-order valence-corrected chi connectivity index (χ4v) is 4.63.